The molecule has 1 aliphatic heterocycles. The van der Waals surface area contributed by atoms with E-state index in [0.29, 0.717) is 13.1 Å². The highest BCUT2D eigenvalue weighted by molar-refractivity contribution is 5.99. The highest BCUT2D eigenvalue weighted by Crippen LogP contribution is 2.28. The summed E-state index contributed by atoms with van der Waals surface area (Å²) in [4.78, 5) is 29.7. The first-order valence-electron chi connectivity index (χ1n) is 9.17. The van der Waals surface area contributed by atoms with Gasteiger partial charge in [-0.25, -0.2) is 4.79 Å². The molecule has 0 radical (unpaired) electrons. The van der Waals surface area contributed by atoms with Crippen LogP contribution in [0.15, 0.2) is 60.7 Å². The summed E-state index contributed by atoms with van der Waals surface area (Å²) in [6.45, 7) is 1.26. The van der Waals surface area contributed by atoms with Gasteiger partial charge in [-0.05, 0) is 44.2 Å². The normalized spacial score (nSPS) is 15.0. The molecule has 1 N–H and O–H groups in total. The minimum atomic E-state index is -0.824. The number of carboxylic acid groups (broad SMARTS) is 1. The first kappa shape index (κ1) is 18.9. The quantitative estimate of drug-likeness (QED) is 0.879. The average molecular weight is 367 g/mol. The molecule has 27 heavy (non-hydrogen) atoms. The maximum Gasteiger partial charge on any atom is 0.329 e. The molecule has 3 rings (SSSR count). The molecule has 1 aliphatic rings. The molecule has 2 amide bonds. The monoisotopic (exact) mass is 367 g/mol. The number of carbonyl (C=O) groups is 2. The third kappa shape index (κ3) is 4.65. The Morgan fingerprint density at radius 1 is 0.963 bits per heavy atom. The van der Waals surface area contributed by atoms with E-state index in [1.54, 1.807) is 4.90 Å². The molecule has 142 valence electrons. The molecule has 6 nitrogen and oxygen atoms in total. The van der Waals surface area contributed by atoms with Gasteiger partial charge >= 0.3 is 12.0 Å². The molecular formula is C21H25N3O3. The van der Waals surface area contributed by atoms with Crippen LogP contribution in [0.25, 0.3) is 0 Å². The van der Waals surface area contributed by atoms with Crippen molar-refractivity contribution in [2.24, 2.45) is 0 Å². The van der Waals surface area contributed by atoms with Crippen LogP contribution >= 0.6 is 0 Å². The summed E-state index contributed by atoms with van der Waals surface area (Å²) < 4.78 is 0. The van der Waals surface area contributed by atoms with Crippen molar-refractivity contribution in [3.05, 3.63) is 60.7 Å². The van der Waals surface area contributed by atoms with Crippen molar-refractivity contribution in [3.63, 3.8) is 0 Å². The minimum Gasteiger partial charge on any atom is -0.480 e. The lowest BCUT2D eigenvalue weighted by atomic mass is 10.0. The van der Waals surface area contributed by atoms with Crippen molar-refractivity contribution in [3.8, 4) is 0 Å². The van der Waals surface area contributed by atoms with E-state index in [4.69, 9.17) is 5.11 Å². The van der Waals surface area contributed by atoms with Gasteiger partial charge in [-0.15, -0.1) is 0 Å². The second-order valence-corrected chi connectivity index (χ2v) is 6.82. The van der Waals surface area contributed by atoms with Gasteiger partial charge in [0.1, 0.15) is 0 Å². The average Bonchev–Trinajstić information content (AvgIpc) is 2.69. The molecule has 0 bridgehead atoms. The lowest BCUT2D eigenvalue weighted by Crippen LogP contribution is -2.49. The molecule has 6 heteroatoms. The van der Waals surface area contributed by atoms with Crippen LogP contribution in [-0.4, -0.2) is 59.6 Å². The Labute approximate surface area is 159 Å². The number of benzene rings is 2. The van der Waals surface area contributed by atoms with Crippen LogP contribution in [0.4, 0.5) is 16.2 Å². The Balaban J connectivity index is 1.73. The number of aliphatic carboxylic acids is 1. The van der Waals surface area contributed by atoms with Gasteiger partial charge in [0.25, 0.3) is 0 Å². The topological polar surface area (TPSA) is 64.1 Å². The number of urea groups is 1. The molecule has 1 saturated heterocycles. The third-order valence-electron chi connectivity index (χ3n) is 4.96. The van der Waals surface area contributed by atoms with E-state index < -0.39 is 5.97 Å². The largest absolute Gasteiger partial charge is 0.480 e. The van der Waals surface area contributed by atoms with Gasteiger partial charge in [-0.3, -0.25) is 14.6 Å². The number of carbonyl (C=O) groups excluding carboxylic acids is 1. The van der Waals surface area contributed by atoms with Crippen molar-refractivity contribution >= 4 is 23.4 Å². The number of hydrogen-bond acceptors (Lipinski definition) is 3. The SMILES string of the molecule is CN(CC(=O)O)C1CCN(C(=O)N(c2ccccc2)c2ccccc2)CC1. The Hall–Kier alpha value is -2.86. The van der Waals surface area contributed by atoms with Crippen LogP contribution in [0, 0.1) is 0 Å². The molecule has 2 aromatic rings. The highest BCUT2D eigenvalue weighted by atomic mass is 16.4. The van der Waals surface area contributed by atoms with Crippen molar-refractivity contribution in [2.45, 2.75) is 18.9 Å². The first-order valence-corrected chi connectivity index (χ1v) is 9.17. The zero-order valence-electron chi connectivity index (χ0n) is 15.5. The first-order chi connectivity index (χ1) is 13.1. The lowest BCUT2D eigenvalue weighted by Gasteiger charge is -2.38. The summed E-state index contributed by atoms with van der Waals surface area (Å²) >= 11 is 0. The van der Waals surface area contributed by atoms with Crippen molar-refractivity contribution in [1.82, 2.24) is 9.80 Å². The third-order valence-corrected chi connectivity index (χ3v) is 4.96. The van der Waals surface area contributed by atoms with Gasteiger partial charge < -0.3 is 10.0 Å². The van der Waals surface area contributed by atoms with E-state index in [2.05, 4.69) is 0 Å². The molecule has 2 aromatic carbocycles. The number of carboxylic acids is 1. The Kier molecular flexibility index (Phi) is 6.08. The molecule has 1 heterocycles. The van der Waals surface area contributed by atoms with Gasteiger partial charge in [0.05, 0.1) is 17.9 Å². The molecule has 0 aromatic heterocycles. The molecule has 1 fully saturated rings. The summed E-state index contributed by atoms with van der Waals surface area (Å²) in [5, 5.41) is 8.97. The van der Waals surface area contributed by atoms with Crippen LogP contribution < -0.4 is 4.90 Å². The number of likely N-dealkylation sites (N-methyl/N-ethyl adjacent to an activating group) is 1. The Morgan fingerprint density at radius 2 is 1.44 bits per heavy atom. The van der Waals surface area contributed by atoms with E-state index in [9.17, 15) is 9.59 Å². The summed E-state index contributed by atoms with van der Waals surface area (Å²) in [5.74, 6) is -0.824. The zero-order valence-corrected chi connectivity index (χ0v) is 15.5. The molecular weight excluding hydrogens is 342 g/mol. The second-order valence-electron chi connectivity index (χ2n) is 6.82. The maximum atomic E-state index is 13.3. The number of rotatable bonds is 5. The smallest absolute Gasteiger partial charge is 0.329 e. The molecule has 0 unspecified atom stereocenters. The van der Waals surface area contributed by atoms with E-state index in [1.807, 2.05) is 77.5 Å². The maximum absolute atomic E-state index is 13.3. The Morgan fingerprint density at radius 3 is 1.89 bits per heavy atom. The number of anilines is 2. The molecule has 0 aliphatic carbocycles. The minimum absolute atomic E-state index is 0.0266. The standard InChI is InChI=1S/C21H25N3O3/c1-22(16-20(25)26)17-12-14-23(15-13-17)21(27)24(18-8-4-2-5-9-18)19-10-6-3-7-11-19/h2-11,17H,12-16H2,1H3,(H,25,26). The fourth-order valence-electron chi connectivity index (χ4n) is 3.51. The molecule has 0 spiro atoms. The van der Waals surface area contributed by atoms with Gasteiger partial charge in [-0.2, -0.15) is 0 Å². The second kappa shape index (κ2) is 8.68. The summed E-state index contributed by atoms with van der Waals surface area (Å²) in [6, 6.07) is 19.4. The fourth-order valence-corrected chi connectivity index (χ4v) is 3.51. The summed E-state index contributed by atoms with van der Waals surface area (Å²) in [6.07, 6.45) is 1.54. The number of amides is 2. The van der Waals surface area contributed by atoms with E-state index in [0.717, 1.165) is 24.2 Å². The number of nitrogens with zero attached hydrogens (tertiary/aromatic N) is 3. The van der Waals surface area contributed by atoms with Crippen LogP contribution in [-0.2, 0) is 4.79 Å². The predicted molar refractivity (Wildman–Crippen MR) is 105 cm³/mol. The van der Waals surface area contributed by atoms with E-state index in [-0.39, 0.29) is 18.6 Å². The van der Waals surface area contributed by atoms with Crippen LogP contribution in [0.3, 0.4) is 0 Å². The predicted octanol–water partition coefficient (Wildman–Crippen LogP) is 3.43. The van der Waals surface area contributed by atoms with Gasteiger partial charge in [0.15, 0.2) is 0 Å². The molecule has 0 saturated carbocycles. The van der Waals surface area contributed by atoms with Crippen LogP contribution in [0.2, 0.25) is 0 Å². The lowest BCUT2D eigenvalue weighted by molar-refractivity contribution is -0.138. The van der Waals surface area contributed by atoms with Crippen molar-refractivity contribution in [2.75, 3.05) is 31.6 Å². The Bertz CT molecular complexity index is 719. The van der Waals surface area contributed by atoms with Crippen molar-refractivity contribution < 1.29 is 14.7 Å². The number of para-hydroxylation sites is 2. The summed E-state index contributed by atoms with van der Waals surface area (Å²) in [5.41, 5.74) is 1.66. The van der Waals surface area contributed by atoms with E-state index in [1.165, 1.54) is 0 Å². The van der Waals surface area contributed by atoms with Crippen molar-refractivity contribution in [1.29, 1.82) is 0 Å². The number of likely N-dealkylation sites (tertiary alicyclic amines) is 1. The number of piperidine rings is 1. The van der Waals surface area contributed by atoms with Gasteiger partial charge in [0, 0.05) is 19.1 Å². The van der Waals surface area contributed by atoms with Gasteiger partial charge in [0.2, 0.25) is 0 Å². The van der Waals surface area contributed by atoms with Crippen LogP contribution in [0.1, 0.15) is 12.8 Å². The van der Waals surface area contributed by atoms with Crippen LogP contribution in [0.5, 0.6) is 0 Å². The zero-order chi connectivity index (χ0) is 19.2. The molecule has 0 atom stereocenters. The van der Waals surface area contributed by atoms with E-state index >= 15 is 0 Å². The fraction of sp³-hybridized carbons (Fsp3) is 0.333. The number of hydrogen-bond donors (Lipinski definition) is 1. The van der Waals surface area contributed by atoms with Gasteiger partial charge in [-0.1, -0.05) is 36.4 Å². The summed E-state index contributed by atoms with van der Waals surface area (Å²) in [7, 11) is 1.83. The highest BCUT2D eigenvalue weighted by Gasteiger charge is 2.29.